The molecule has 1 saturated heterocycles. The summed E-state index contributed by atoms with van der Waals surface area (Å²) in [6.45, 7) is 6.33. The van der Waals surface area contributed by atoms with Crippen LogP contribution < -0.4 is 0 Å². The smallest absolute Gasteiger partial charge is 0.416 e. The van der Waals surface area contributed by atoms with Gasteiger partial charge in [0.1, 0.15) is 6.61 Å². The fourth-order valence-electron chi connectivity index (χ4n) is 3.14. The van der Waals surface area contributed by atoms with Crippen LogP contribution in [-0.4, -0.2) is 41.3 Å². The van der Waals surface area contributed by atoms with E-state index >= 15 is 0 Å². The molecule has 0 unspecified atom stereocenters. The van der Waals surface area contributed by atoms with Crippen molar-refractivity contribution in [3.63, 3.8) is 0 Å². The van der Waals surface area contributed by atoms with Crippen molar-refractivity contribution in [2.24, 2.45) is 17.8 Å². The zero-order valence-electron chi connectivity index (χ0n) is 13.0. The van der Waals surface area contributed by atoms with Crippen LogP contribution in [0.5, 0.6) is 0 Å². The molecule has 1 heterocycles. The van der Waals surface area contributed by atoms with E-state index in [9.17, 15) is 14.7 Å². The van der Waals surface area contributed by atoms with Gasteiger partial charge in [-0.05, 0) is 36.7 Å². The highest BCUT2D eigenvalue weighted by atomic mass is 16.6. The van der Waals surface area contributed by atoms with E-state index in [0.29, 0.717) is 12.3 Å². The fourth-order valence-corrected chi connectivity index (χ4v) is 3.14. The standard InChI is InChI=1S/C16H25NO4/c1-10(2)14-9-21-16(20)17(14)15(19)13-5-4-11(3)6-12(7-13)8-18/h6,10-11,13-14,18H,4-5,7-9H2,1-3H3/t11-,13-,14-/m1/s1. The highest BCUT2D eigenvalue weighted by Gasteiger charge is 2.42. The van der Waals surface area contributed by atoms with Crippen LogP contribution >= 0.6 is 0 Å². The van der Waals surface area contributed by atoms with Gasteiger partial charge in [0.15, 0.2) is 0 Å². The average Bonchev–Trinajstić information content (AvgIpc) is 2.72. The summed E-state index contributed by atoms with van der Waals surface area (Å²) in [4.78, 5) is 26.0. The SMILES string of the molecule is CC(C)[C@H]1COC(=O)N1C(=O)[C@@H]1CC[C@@H](C)C=C(CO)C1. The summed E-state index contributed by atoms with van der Waals surface area (Å²) < 4.78 is 5.06. The Labute approximate surface area is 126 Å². The van der Waals surface area contributed by atoms with Crippen molar-refractivity contribution in [1.82, 2.24) is 4.90 Å². The number of allylic oxidation sites excluding steroid dienone is 1. The van der Waals surface area contributed by atoms with Crippen LogP contribution in [0.15, 0.2) is 11.6 Å². The van der Waals surface area contributed by atoms with E-state index in [0.717, 1.165) is 18.4 Å². The maximum atomic E-state index is 12.8. The van der Waals surface area contributed by atoms with E-state index in [1.807, 2.05) is 13.8 Å². The molecule has 3 atom stereocenters. The van der Waals surface area contributed by atoms with Crippen molar-refractivity contribution in [1.29, 1.82) is 0 Å². The number of rotatable bonds is 3. The third-order valence-corrected chi connectivity index (χ3v) is 4.46. The van der Waals surface area contributed by atoms with Crippen LogP contribution in [0.4, 0.5) is 4.79 Å². The lowest BCUT2D eigenvalue weighted by molar-refractivity contribution is -0.134. The van der Waals surface area contributed by atoms with Gasteiger partial charge in [0.05, 0.1) is 12.6 Å². The maximum absolute atomic E-state index is 12.8. The molecule has 2 rings (SSSR count). The topological polar surface area (TPSA) is 66.8 Å². The Hall–Kier alpha value is -1.36. The van der Waals surface area contributed by atoms with Crippen molar-refractivity contribution in [2.45, 2.75) is 46.1 Å². The third-order valence-electron chi connectivity index (χ3n) is 4.46. The maximum Gasteiger partial charge on any atom is 0.416 e. The Bertz CT molecular complexity index is 444. The van der Waals surface area contributed by atoms with Crippen LogP contribution in [0, 0.1) is 17.8 Å². The van der Waals surface area contributed by atoms with Crippen molar-refractivity contribution >= 4 is 12.0 Å². The lowest BCUT2D eigenvalue weighted by Crippen LogP contribution is -2.45. The predicted octanol–water partition coefficient (Wildman–Crippen LogP) is 2.34. The number of amides is 2. The summed E-state index contributed by atoms with van der Waals surface area (Å²) in [5.41, 5.74) is 0.895. The second-order valence-corrected chi connectivity index (χ2v) is 6.54. The molecule has 0 spiro atoms. The van der Waals surface area contributed by atoms with Gasteiger partial charge in [0.25, 0.3) is 0 Å². The molecular weight excluding hydrogens is 270 g/mol. The molecule has 1 fully saturated rings. The number of hydrogen-bond donors (Lipinski definition) is 1. The van der Waals surface area contributed by atoms with Gasteiger partial charge in [0, 0.05) is 5.92 Å². The minimum absolute atomic E-state index is 0.0217. The van der Waals surface area contributed by atoms with E-state index in [1.165, 1.54) is 4.90 Å². The zero-order chi connectivity index (χ0) is 15.6. The minimum Gasteiger partial charge on any atom is -0.447 e. The fraction of sp³-hybridized carbons (Fsp3) is 0.750. The molecule has 0 aromatic heterocycles. The summed E-state index contributed by atoms with van der Waals surface area (Å²) in [6.07, 6.45) is 3.71. The Balaban J connectivity index is 2.15. The van der Waals surface area contributed by atoms with Crippen LogP contribution in [0.2, 0.25) is 0 Å². The highest BCUT2D eigenvalue weighted by molar-refractivity contribution is 5.95. The Morgan fingerprint density at radius 2 is 2.19 bits per heavy atom. The number of hydrogen-bond acceptors (Lipinski definition) is 4. The quantitative estimate of drug-likeness (QED) is 0.812. The van der Waals surface area contributed by atoms with E-state index in [2.05, 4.69) is 13.0 Å². The normalized spacial score (nSPS) is 30.1. The van der Waals surface area contributed by atoms with Gasteiger partial charge in [-0.15, -0.1) is 0 Å². The second kappa shape index (κ2) is 6.60. The predicted molar refractivity (Wildman–Crippen MR) is 78.5 cm³/mol. The van der Waals surface area contributed by atoms with Gasteiger partial charge in [-0.1, -0.05) is 26.8 Å². The summed E-state index contributed by atoms with van der Waals surface area (Å²) in [5, 5.41) is 9.41. The molecule has 1 N–H and O–H groups in total. The molecule has 1 aliphatic carbocycles. The van der Waals surface area contributed by atoms with Gasteiger partial charge in [-0.25, -0.2) is 9.69 Å². The highest BCUT2D eigenvalue weighted by Crippen LogP contribution is 2.30. The second-order valence-electron chi connectivity index (χ2n) is 6.54. The summed E-state index contributed by atoms with van der Waals surface area (Å²) in [6, 6.07) is -0.174. The molecule has 118 valence electrons. The zero-order valence-corrected chi connectivity index (χ0v) is 13.0. The molecular formula is C16H25NO4. The third kappa shape index (κ3) is 3.46. The van der Waals surface area contributed by atoms with E-state index in [1.54, 1.807) is 0 Å². The number of carbonyl (C=O) groups is 2. The summed E-state index contributed by atoms with van der Waals surface area (Å²) in [5.74, 6) is 0.152. The van der Waals surface area contributed by atoms with Gasteiger partial charge >= 0.3 is 6.09 Å². The first-order chi connectivity index (χ1) is 9.93. The van der Waals surface area contributed by atoms with Crippen molar-refractivity contribution < 1.29 is 19.4 Å². The monoisotopic (exact) mass is 295 g/mol. The first kappa shape index (κ1) is 16.0. The van der Waals surface area contributed by atoms with Gasteiger partial charge < -0.3 is 9.84 Å². The molecule has 0 aromatic rings. The van der Waals surface area contributed by atoms with E-state index in [-0.39, 0.29) is 37.0 Å². The lowest BCUT2D eigenvalue weighted by Gasteiger charge is -2.26. The molecule has 0 radical (unpaired) electrons. The first-order valence-electron chi connectivity index (χ1n) is 7.74. The van der Waals surface area contributed by atoms with Crippen molar-refractivity contribution in [3.8, 4) is 0 Å². The van der Waals surface area contributed by atoms with Crippen LogP contribution in [-0.2, 0) is 9.53 Å². The van der Waals surface area contributed by atoms with Crippen LogP contribution in [0.1, 0.15) is 40.0 Å². The van der Waals surface area contributed by atoms with Crippen LogP contribution in [0.25, 0.3) is 0 Å². The molecule has 2 amide bonds. The molecule has 21 heavy (non-hydrogen) atoms. The molecule has 0 saturated carbocycles. The number of carbonyl (C=O) groups excluding carboxylic acids is 2. The minimum atomic E-state index is -0.523. The number of aliphatic hydroxyl groups is 1. The Morgan fingerprint density at radius 1 is 1.48 bits per heavy atom. The summed E-state index contributed by atoms with van der Waals surface area (Å²) >= 11 is 0. The van der Waals surface area contributed by atoms with Crippen molar-refractivity contribution in [2.75, 3.05) is 13.2 Å². The average molecular weight is 295 g/mol. The summed E-state index contributed by atoms with van der Waals surface area (Å²) in [7, 11) is 0. The number of aliphatic hydroxyl groups excluding tert-OH is 1. The van der Waals surface area contributed by atoms with E-state index in [4.69, 9.17) is 4.74 Å². The number of cyclic esters (lactones) is 1. The van der Waals surface area contributed by atoms with Gasteiger partial charge in [-0.3, -0.25) is 4.79 Å². The molecule has 5 heteroatoms. The molecule has 2 aliphatic rings. The molecule has 1 aliphatic heterocycles. The van der Waals surface area contributed by atoms with Gasteiger partial charge in [0.2, 0.25) is 5.91 Å². The first-order valence-corrected chi connectivity index (χ1v) is 7.74. The number of imide groups is 1. The van der Waals surface area contributed by atoms with Crippen molar-refractivity contribution in [3.05, 3.63) is 11.6 Å². The molecule has 0 bridgehead atoms. The Kier molecular flexibility index (Phi) is 5.04. The van der Waals surface area contributed by atoms with E-state index < -0.39 is 6.09 Å². The largest absolute Gasteiger partial charge is 0.447 e. The lowest BCUT2D eigenvalue weighted by atomic mass is 9.94. The number of nitrogens with zero attached hydrogens (tertiary/aromatic N) is 1. The van der Waals surface area contributed by atoms with Crippen LogP contribution in [0.3, 0.4) is 0 Å². The van der Waals surface area contributed by atoms with Gasteiger partial charge in [-0.2, -0.15) is 0 Å². The number of ether oxygens (including phenoxy) is 1. The molecule has 5 nitrogen and oxygen atoms in total. The Morgan fingerprint density at radius 3 is 2.81 bits per heavy atom. The molecule has 0 aromatic carbocycles.